The van der Waals surface area contributed by atoms with Gasteiger partial charge in [0, 0.05) is 21.2 Å². The molecule has 2 nitrogen and oxygen atoms in total. The number of thiophene rings is 1. The van der Waals surface area contributed by atoms with Crippen molar-refractivity contribution >= 4 is 38.2 Å². The Balaban J connectivity index is 1.97. The molecule has 1 unspecified atom stereocenters. The van der Waals surface area contributed by atoms with E-state index in [0.29, 0.717) is 0 Å². The zero-order valence-corrected chi connectivity index (χ0v) is 12.6. The highest BCUT2D eigenvalue weighted by atomic mass is 79.9. The third kappa shape index (κ3) is 2.71. The van der Waals surface area contributed by atoms with Crippen molar-refractivity contribution in [2.45, 2.75) is 12.5 Å². The molecule has 19 heavy (non-hydrogen) atoms. The van der Waals surface area contributed by atoms with Crippen LogP contribution in [0.5, 0.6) is 0 Å². The summed E-state index contributed by atoms with van der Waals surface area (Å²) in [4.78, 5) is 5.97. The van der Waals surface area contributed by atoms with E-state index in [1.807, 2.05) is 18.2 Å². The lowest BCUT2D eigenvalue weighted by Gasteiger charge is -2.13. The fraction of sp³-hybridized carbons (Fsp3) is 0.133. The van der Waals surface area contributed by atoms with E-state index < -0.39 is 0 Å². The van der Waals surface area contributed by atoms with Gasteiger partial charge in [-0.25, -0.2) is 4.98 Å². The number of para-hydroxylation sites is 1. The molecule has 0 saturated carbocycles. The second-order valence-corrected chi connectivity index (χ2v) is 6.32. The number of pyridine rings is 1. The van der Waals surface area contributed by atoms with Crippen LogP contribution in [0.2, 0.25) is 0 Å². The summed E-state index contributed by atoms with van der Waals surface area (Å²) in [5.41, 5.74) is 8.20. The smallest absolute Gasteiger partial charge is 0.0724 e. The molecule has 0 bridgehead atoms. The Labute approximate surface area is 124 Å². The molecule has 3 aromatic rings. The van der Waals surface area contributed by atoms with Gasteiger partial charge in [-0.3, -0.25) is 0 Å². The second kappa shape index (κ2) is 5.41. The van der Waals surface area contributed by atoms with E-state index in [1.165, 1.54) is 4.88 Å². The van der Waals surface area contributed by atoms with Crippen molar-refractivity contribution in [2.24, 2.45) is 5.73 Å². The van der Waals surface area contributed by atoms with E-state index in [9.17, 15) is 0 Å². The molecule has 2 heterocycles. The summed E-state index contributed by atoms with van der Waals surface area (Å²) in [6.07, 6.45) is 0.821. The minimum atomic E-state index is -0.0855. The first kappa shape index (κ1) is 12.8. The molecule has 0 aliphatic rings. The maximum Gasteiger partial charge on any atom is 0.0724 e. The molecule has 0 amide bonds. The third-order valence-electron chi connectivity index (χ3n) is 3.06. The largest absolute Gasteiger partial charge is 0.322 e. The maximum absolute atomic E-state index is 6.29. The molecular weight excluding hydrogens is 320 g/mol. The molecule has 2 N–H and O–H groups in total. The van der Waals surface area contributed by atoms with Crippen LogP contribution in [0.4, 0.5) is 0 Å². The summed E-state index contributed by atoms with van der Waals surface area (Å²) in [5, 5.41) is 3.20. The first-order chi connectivity index (χ1) is 9.24. The first-order valence-electron chi connectivity index (χ1n) is 6.07. The number of fused-ring (bicyclic) bond motifs is 1. The summed E-state index contributed by atoms with van der Waals surface area (Å²) in [6.45, 7) is 0. The molecule has 0 fully saturated rings. The van der Waals surface area contributed by atoms with Crippen LogP contribution in [0.25, 0.3) is 10.9 Å². The summed E-state index contributed by atoms with van der Waals surface area (Å²) in [5.74, 6) is 0. The van der Waals surface area contributed by atoms with Crippen molar-refractivity contribution in [2.75, 3.05) is 0 Å². The molecule has 0 aliphatic heterocycles. The van der Waals surface area contributed by atoms with Gasteiger partial charge in [0.25, 0.3) is 0 Å². The number of nitrogens with two attached hydrogens (primary N) is 1. The summed E-state index contributed by atoms with van der Waals surface area (Å²) < 4.78 is 0.982. The number of hydrogen-bond acceptors (Lipinski definition) is 3. The van der Waals surface area contributed by atoms with Crippen LogP contribution in [0, 0.1) is 0 Å². The zero-order chi connectivity index (χ0) is 13.2. The topological polar surface area (TPSA) is 38.9 Å². The Hall–Kier alpha value is -1.23. The summed E-state index contributed by atoms with van der Waals surface area (Å²) in [6, 6.07) is 14.3. The van der Waals surface area contributed by atoms with Gasteiger partial charge in [0.1, 0.15) is 0 Å². The predicted molar refractivity (Wildman–Crippen MR) is 84.4 cm³/mol. The Morgan fingerprint density at radius 2 is 2.05 bits per heavy atom. The summed E-state index contributed by atoms with van der Waals surface area (Å²) >= 11 is 5.32. The standard InChI is InChI=1S/C15H13BrN2S/c16-12-8-10-4-1-2-6-14(10)18-15(12)13(17)9-11-5-3-7-19-11/h1-8,13H,9,17H2. The number of rotatable bonds is 3. The number of benzene rings is 1. The molecule has 2 aromatic heterocycles. The Morgan fingerprint density at radius 3 is 2.84 bits per heavy atom. The minimum Gasteiger partial charge on any atom is -0.322 e. The molecule has 0 spiro atoms. The van der Waals surface area contributed by atoms with Crippen LogP contribution in [0.3, 0.4) is 0 Å². The number of aromatic nitrogens is 1. The number of hydrogen-bond donors (Lipinski definition) is 1. The van der Waals surface area contributed by atoms with E-state index in [4.69, 9.17) is 5.73 Å². The lowest BCUT2D eigenvalue weighted by molar-refractivity contribution is 0.703. The normalized spacial score (nSPS) is 12.7. The molecule has 96 valence electrons. The van der Waals surface area contributed by atoms with Crippen LogP contribution in [-0.4, -0.2) is 4.98 Å². The molecule has 0 saturated heterocycles. The average Bonchev–Trinajstić information content (AvgIpc) is 2.90. The molecule has 4 heteroatoms. The van der Waals surface area contributed by atoms with Crippen LogP contribution in [-0.2, 0) is 6.42 Å². The van der Waals surface area contributed by atoms with Crippen molar-refractivity contribution in [3.8, 4) is 0 Å². The highest BCUT2D eigenvalue weighted by Crippen LogP contribution is 2.27. The van der Waals surface area contributed by atoms with Crippen LogP contribution < -0.4 is 5.73 Å². The SMILES string of the molecule is NC(Cc1cccs1)c1nc2ccccc2cc1Br. The second-order valence-electron chi connectivity index (χ2n) is 4.44. The van der Waals surface area contributed by atoms with E-state index in [2.05, 4.69) is 50.6 Å². The van der Waals surface area contributed by atoms with Gasteiger partial charge >= 0.3 is 0 Å². The van der Waals surface area contributed by atoms with Crippen LogP contribution >= 0.6 is 27.3 Å². The highest BCUT2D eigenvalue weighted by molar-refractivity contribution is 9.10. The van der Waals surface area contributed by atoms with Gasteiger partial charge in [-0.1, -0.05) is 24.3 Å². The van der Waals surface area contributed by atoms with E-state index in [1.54, 1.807) is 11.3 Å². The minimum absolute atomic E-state index is 0.0855. The Bertz CT molecular complexity index is 694. The van der Waals surface area contributed by atoms with Crippen molar-refractivity contribution < 1.29 is 0 Å². The first-order valence-corrected chi connectivity index (χ1v) is 7.74. The Kier molecular flexibility index (Phi) is 3.64. The van der Waals surface area contributed by atoms with E-state index >= 15 is 0 Å². The van der Waals surface area contributed by atoms with Crippen LogP contribution in [0.1, 0.15) is 16.6 Å². The van der Waals surface area contributed by atoms with Gasteiger partial charge in [0.2, 0.25) is 0 Å². The number of nitrogens with zero attached hydrogens (tertiary/aromatic N) is 1. The Morgan fingerprint density at radius 1 is 1.21 bits per heavy atom. The molecule has 1 aromatic carbocycles. The molecule has 0 radical (unpaired) electrons. The fourth-order valence-corrected chi connectivity index (χ4v) is 3.50. The molecule has 3 rings (SSSR count). The van der Waals surface area contributed by atoms with E-state index in [0.717, 1.165) is 27.5 Å². The van der Waals surface area contributed by atoms with Gasteiger partial charge in [-0.05, 0) is 39.5 Å². The van der Waals surface area contributed by atoms with Crippen molar-refractivity contribution in [3.05, 3.63) is 62.9 Å². The van der Waals surface area contributed by atoms with Crippen LogP contribution in [0.15, 0.2) is 52.3 Å². The third-order valence-corrected chi connectivity index (χ3v) is 4.59. The van der Waals surface area contributed by atoms with Crippen molar-refractivity contribution in [1.29, 1.82) is 0 Å². The van der Waals surface area contributed by atoms with Crippen molar-refractivity contribution in [3.63, 3.8) is 0 Å². The fourth-order valence-electron chi connectivity index (χ4n) is 2.11. The van der Waals surface area contributed by atoms with Gasteiger partial charge < -0.3 is 5.73 Å². The lowest BCUT2D eigenvalue weighted by atomic mass is 10.1. The van der Waals surface area contributed by atoms with Gasteiger partial charge in [0.15, 0.2) is 0 Å². The lowest BCUT2D eigenvalue weighted by Crippen LogP contribution is -2.15. The van der Waals surface area contributed by atoms with Gasteiger partial charge in [0.05, 0.1) is 17.3 Å². The predicted octanol–water partition coefficient (Wildman–Crippen LogP) is 4.30. The van der Waals surface area contributed by atoms with Gasteiger partial charge in [-0.15, -0.1) is 11.3 Å². The summed E-state index contributed by atoms with van der Waals surface area (Å²) in [7, 11) is 0. The monoisotopic (exact) mass is 332 g/mol. The highest BCUT2D eigenvalue weighted by Gasteiger charge is 2.14. The van der Waals surface area contributed by atoms with E-state index in [-0.39, 0.29) is 6.04 Å². The molecular formula is C15H13BrN2S. The number of halogens is 1. The maximum atomic E-state index is 6.29. The molecule has 0 aliphatic carbocycles. The molecule has 1 atom stereocenters. The average molecular weight is 333 g/mol. The van der Waals surface area contributed by atoms with Crippen molar-refractivity contribution in [1.82, 2.24) is 4.98 Å². The zero-order valence-electron chi connectivity index (χ0n) is 10.2. The van der Waals surface area contributed by atoms with Gasteiger partial charge in [-0.2, -0.15) is 0 Å². The quantitative estimate of drug-likeness (QED) is 0.776.